The topological polar surface area (TPSA) is 49.4 Å². The summed E-state index contributed by atoms with van der Waals surface area (Å²) in [5.41, 5.74) is 2.33. The summed E-state index contributed by atoms with van der Waals surface area (Å²) in [6.07, 6.45) is 5.84. The van der Waals surface area contributed by atoms with Crippen molar-refractivity contribution in [2.45, 2.75) is 52.4 Å². The average molecular weight is 314 g/mol. The van der Waals surface area contributed by atoms with Crippen molar-refractivity contribution in [1.29, 1.82) is 0 Å². The van der Waals surface area contributed by atoms with Gasteiger partial charge >= 0.3 is 0 Å². The van der Waals surface area contributed by atoms with Crippen molar-refractivity contribution in [2.75, 3.05) is 18.4 Å². The third kappa shape index (κ3) is 3.26. The van der Waals surface area contributed by atoms with Gasteiger partial charge in [0.2, 0.25) is 11.8 Å². The van der Waals surface area contributed by atoms with E-state index in [1.165, 1.54) is 18.4 Å². The fourth-order valence-corrected chi connectivity index (χ4v) is 3.31. The van der Waals surface area contributed by atoms with Crippen LogP contribution in [-0.4, -0.2) is 29.8 Å². The fourth-order valence-electron chi connectivity index (χ4n) is 3.31. The van der Waals surface area contributed by atoms with E-state index in [2.05, 4.69) is 5.32 Å². The summed E-state index contributed by atoms with van der Waals surface area (Å²) < 4.78 is 0. The molecule has 1 aromatic rings. The third-order valence-electron chi connectivity index (χ3n) is 5.25. The molecule has 4 nitrogen and oxygen atoms in total. The summed E-state index contributed by atoms with van der Waals surface area (Å²) >= 11 is 0. The monoisotopic (exact) mass is 314 g/mol. The number of aryl methyl sites for hydroxylation is 2. The Morgan fingerprint density at radius 2 is 1.65 bits per heavy atom. The van der Waals surface area contributed by atoms with Gasteiger partial charge in [0.25, 0.3) is 0 Å². The smallest absolute Gasteiger partial charge is 0.240 e. The molecule has 4 heteroatoms. The van der Waals surface area contributed by atoms with Gasteiger partial charge in [-0.15, -0.1) is 0 Å². The van der Waals surface area contributed by atoms with E-state index in [1.807, 2.05) is 36.9 Å². The van der Waals surface area contributed by atoms with E-state index in [4.69, 9.17) is 0 Å². The molecule has 1 aromatic carbocycles. The fraction of sp³-hybridized carbons (Fsp3) is 0.579. The van der Waals surface area contributed by atoms with Crippen molar-refractivity contribution < 1.29 is 9.59 Å². The molecule has 1 aliphatic heterocycles. The highest BCUT2D eigenvalue weighted by Gasteiger charge is 2.57. The molecule has 0 aromatic heterocycles. The Labute approximate surface area is 138 Å². The summed E-state index contributed by atoms with van der Waals surface area (Å²) in [6.45, 7) is 5.68. The minimum atomic E-state index is -0.802. The number of nitrogens with zero attached hydrogens (tertiary/aromatic N) is 1. The number of benzene rings is 1. The summed E-state index contributed by atoms with van der Waals surface area (Å²) in [6, 6.07) is 5.88. The van der Waals surface area contributed by atoms with Gasteiger partial charge in [0.1, 0.15) is 5.41 Å². The van der Waals surface area contributed by atoms with Gasteiger partial charge in [-0.25, -0.2) is 0 Å². The first-order valence-electron chi connectivity index (χ1n) is 8.71. The molecular weight excluding hydrogens is 288 g/mol. The van der Waals surface area contributed by atoms with Crippen LogP contribution in [0.3, 0.4) is 0 Å². The number of carbonyl (C=O) groups is 2. The van der Waals surface area contributed by atoms with E-state index in [0.29, 0.717) is 12.8 Å². The number of nitrogens with one attached hydrogen (secondary N) is 1. The number of rotatable bonds is 3. The van der Waals surface area contributed by atoms with Gasteiger partial charge in [0, 0.05) is 18.8 Å². The molecule has 0 radical (unpaired) electrons. The van der Waals surface area contributed by atoms with Crippen molar-refractivity contribution in [3.63, 3.8) is 0 Å². The van der Waals surface area contributed by atoms with Crippen LogP contribution < -0.4 is 5.32 Å². The van der Waals surface area contributed by atoms with Gasteiger partial charge in [0.15, 0.2) is 0 Å². The van der Waals surface area contributed by atoms with Crippen molar-refractivity contribution in [1.82, 2.24) is 4.90 Å². The van der Waals surface area contributed by atoms with E-state index in [-0.39, 0.29) is 11.8 Å². The molecule has 1 saturated carbocycles. The molecule has 0 spiro atoms. The molecule has 1 N–H and O–H groups in total. The zero-order valence-electron chi connectivity index (χ0n) is 14.2. The number of amides is 2. The van der Waals surface area contributed by atoms with E-state index >= 15 is 0 Å². The molecule has 0 unspecified atom stereocenters. The summed E-state index contributed by atoms with van der Waals surface area (Å²) in [4.78, 5) is 27.5. The zero-order valence-corrected chi connectivity index (χ0v) is 14.2. The Bertz CT molecular complexity index is 612. The highest BCUT2D eigenvalue weighted by Crippen LogP contribution is 2.48. The molecule has 2 amide bonds. The second-order valence-electron chi connectivity index (χ2n) is 7.04. The van der Waals surface area contributed by atoms with Crippen LogP contribution >= 0.6 is 0 Å². The number of hydrogen-bond donors (Lipinski definition) is 1. The SMILES string of the molecule is Cc1ccc(NC(=O)C2(C(=O)N3CCCCCC3)CC2)cc1C. The lowest BCUT2D eigenvalue weighted by Gasteiger charge is -2.25. The maximum absolute atomic E-state index is 12.9. The van der Waals surface area contributed by atoms with Crippen LogP contribution in [0.2, 0.25) is 0 Å². The first-order valence-corrected chi connectivity index (χ1v) is 8.71. The van der Waals surface area contributed by atoms with Gasteiger partial charge in [-0.3, -0.25) is 9.59 Å². The zero-order chi connectivity index (χ0) is 16.4. The van der Waals surface area contributed by atoms with Crippen LogP contribution in [-0.2, 0) is 9.59 Å². The maximum atomic E-state index is 12.9. The summed E-state index contributed by atoms with van der Waals surface area (Å²) in [5.74, 6) is -0.0873. The Kier molecular flexibility index (Phi) is 4.42. The molecule has 1 heterocycles. The Balaban J connectivity index is 1.70. The maximum Gasteiger partial charge on any atom is 0.240 e. The number of carbonyl (C=O) groups excluding carboxylic acids is 2. The number of hydrogen-bond acceptors (Lipinski definition) is 2. The molecular formula is C19H26N2O2. The van der Waals surface area contributed by atoms with Gasteiger partial charge in [-0.1, -0.05) is 18.9 Å². The Hall–Kier alpha value is -1.84. The standard InChI is InChI=1S/C19H26N2O2/c1-14-7-8-16(13-15(14)2)20-17(22)19(9-10-19)18(23)21-11-5-3-4-6-12-21/h7-8,13H,3-6,9-12H2,1-2H3,(H,20,22). The van der Waals surface area contributed by atoms with Crippen molar-refractivity contribution >= 4 is 17.5 Å². The molecule has 0 atom stereocenters. The van der Waals surface area contributed by atoms with Crippen molar-refractivity contribution in [3.05, 3.63) is 29.3 Å². The molecule has 23 heavy (non-hydrogen) atoms. The van der Waals surface area contributed by atoms with E-state index in [0.717, 1.165) is 37.2 Å². The number of likely N-dealkylation sites (tertiary alicyclic amines) is 1. The van der Waals surface area contributed by atoms with Gasteiger partial charge < -0.3 is 10.2 Å². The van der Waals surface area contributed by atoms with Gasteiger partial charge in [-0.05, 0) is 62.8 Å². The predicted octanol–water partition coefficient (Wildman–Crippen LogP) is 3.42. The molecule has 124 valence electrons. The van der Waals surface area contributed by atoms with Crippen LogP contribution in [0.5, 0.6) is 0 Å². The van der Waals surface area contributed by atoms with E-state index < -0.39 is 5.41 Å². The molecule has 2 aliphatic rings. The highest BCUT2D eigenvalue weighted by atomic mass is 16.2. The van der Waals surface area contributed by atoms with Crippen molar-refractivity contribution in [3.8, 4) is 0 Å². The molecule has 1 saturated heterocycles. The van der Waals surface area contributed by atoms with Crippen LogP contribution in [0.1, 0.15) is 49.7 Å². The van der Waals surface area contributed by atoms with Crippen molar-refractivity contribution in [2.24, 2.45) is 5.41 Å². The lowest BCUT2D eigenvalue weighted by molar-refractivity contribution is -0.142. The lowest BCUT2D eigenvalue weighted by atomic mass is 10.0. The normalized spacial score (nSPS) is 19.8. The van der Waals surface area contributed by atoms with E-state index in [9.17, 15) is 9.59 Å². The summed E-state index contributed by atoms with van der Waals surface area (Å²) in [7, 11) is 0. The molecule has 1 aliphatic carbocycles. The van der Waals surface area contributed by atoms with Crippen LogP contribution in [0, 0.1) is 19.3 Å². The first kappa shape index (κ1) is 16.0. The van der Waals surface area contributed by atoms with Gasteiger partial charge in [-0.2, -0.15) is 0 Å². The summed E-state index contributed by atoms with van der Waals surface area (Å²) in [5, 5.41) is 2.96. The van der Waals surface area contributed by atoms with Gasteiger partial charge in [0.05, 0.1) is 0 Å². The number of anilines is 1. The minimum Gasteiger partial charge on any atom is -0.342 e. The minimum absolute atomic E-state index is 0.0423. The second-order valence-corrected chi connectivity index (χ2v) is 7.04. The largest absolute Gasteiger partial charge is 0.342 e. The Morgan fingerprint density at radius 3 is 2.22 bits per heavy atom. The average Bonchev–Trinajstić information content (AvgIpc) is 3.34. The second kappa shape index (κ2) is 6.34. The molecule has 2 fully saturated rings. The Morgan fingerprint density at radius 1 is 1.00 bits per heavy atom. The highest BCUT2D eigenvalue weighted by molar-refractivity contribution is 6.13. The quantitative estimate of drug-likeness (QED) is 0.869. The van der Waals surface area contributed by atoms with Crippen LogP contribution in [0.25, 0.3) is 0 Å². The molecule has 3 rings (SSSR count). The van der Waals surface area contributed by atoms with Crippen LogP contribution in [0.4, 0.5) is 5.69 Å². The predicted molar refractivity (Wildman–Crippen MR) is 91.3 cm³/mol. The lowest BCUT2D eigenvalue weighted by Crippen LogP contribution is -2.43. The molecule has 0 bridgehead atoms. The third-order valence-corrected chi connectivity index (χ3v) is 5.25. The van der Waals surface area contributed by atoms with Crippen LogP contribution in [0.15, 0.2) is 18.2 Å². The first-order chi connectivity index (χ1) is 11.0. The van der Waals surface area contributed by atoms with E-state index in [1.54, 1.807) is 0 Å².